The standard InChI is InChI=1S/C19H25F3N2O3/c1-14(19(20,21)22)27-17(25)24-9-7-18(8-10-24)12-23(13-18)11-15-5-3-4-6-16(15)26-2/h3-6,14H,7-13H2,1-2H3. The van der Waals surface area contributed by atoms with E-state index in [1.54, 1.807) is 7.11 Å². The lowest BCUT2D eigenvalue weighted by Gasteiger charge is -2.54. The Morgan fingerprint density at radius 1 is 1.22 bits per heavy atom. The van der Waals surface area contributed by atoms with Crippen LogP contribution in [0.2, 0.25) is 0 Å². The molecular formula is C19H25F3N2O3. The second kappa shape index (κ2) is 7.58. The minimum atomic E-state index is -4.53. The van der Waals surface area contributed by atoms with Crippen molar-refractivity contribution in [2.75, 3.05) is 33.3 Å². The molecule has 5 nitrogen and oxygen atoms in total. The van der Waals surface area contributed by atoms with Crippen molar-refractivity contribution in [3.05, 3.63) is 29.8 Å². The molecule has 1 unspecified atom stereocenters. The van der Waals surface area contributed by atoms with Gasteiger partial charge >= 0.3 is 12.3 Å². The van der Waals surface area contributed by atoms with Crippen molar-refractivity contribution in [1.29, 1.82) is 0 Å². The van der Waals surface area contributed by atoms with Crippen molar-refractivity contribution >= 4 is 6.09 Å². The van der Waals surface area contributed by atoms with E-state index in [0.717, 1.165) is 50.7 Å². The molecule has 0 bridgehead atoms. The Hall–Kier alpha value is -1.96. The number of likely N-dealkylation sites (tertiary alicyclic amines) is 2. The summed E-state index contributed by atoms with van der Waals surface area (Å²) in [6.07, 6.45) is -5.92. The monoisotopic (exact) mass is 386 g/mol. The Balaban J connectivity index is 1.46. The average Bonchev–Trinajstić information content (AvgIpc) is 2.60. The summed E-state index contributed by atoms with van der Waals surface area (Å²) in [6, 6.07) is 7.91. The number of carbonyl (C=O) groups is 1. The third-order valence-electron chi connectivity index (χ3n) is 5.53. The number of methoxy groups -OCH3 is 1. The first-order chi connectivity index (χ1) is 12.7. The van der Waals surface area contributed by atoms with Crippen LogP contribution in [0.25, 0.3) is 0 Å². The quantitative estimate of drug-likeness (QED) is 0.792. The van der Waals surface area contributed by atoms with Gasteiger partial charge in [-0.2, -0.15) is 13.2 Å². The van der Waals surface area contributed by atoms with Crippen LogP contribution in [0.4, 0.5) is 18.0 Å². The molecule has 0 aromatic heterocycles. The van der Waals surface area contributed by atoms with Gasteiger partial charge in [-0.3, -0.25) is 4.90 Å². The van der Waals surface area contributed by atoms with Crippen LogP contribution in [-0.4, -0.2) is 61.5 Å². The van der Waals surface area contributed by atoms with Crippen molar-refractivity contribution in [2.24, 2.45) is 5.41 Å². The second-order valence-corrected chi connectivity index (χ2v) is 7.51. The second-order valence-electron chi connectivity index (χ2n) is 7.51. The van der Waals surface area contributed by atoms with E-state index in [1.807, 2.05) is 24.3 Å². The molecule has 150 valence electrons. The number of rotatable bonds is 4. The third kappa shape index (κ3) is 4.48. The third-order valence-corrected chi connectivity index (χ3v) is 5.53. The Bertz CT molecular complexity index is 664. The summed E-state index contributed by atoms with van der Waals surface area (Å²) in [5, 5.41) is 0. The number of para-hydroxylation sites is 1. The van der Waals surface area contributed by atoms with Crippen molar-refractivity contribution in [2.45, 2.75) is 38.6 Å². The summed E-state index contributed by atoms with van der Waals surface area (Å²) in [4.78, 5) is 15.6. The maximum absolute atomic E-state index is 12.5. The minimum Gasteiger partial charge on any atom is -0.496 e. The fourth-order valence-electron chi connectivity index (χ4n) is 3.86. The van der Waals surface area contributed by atoms with Crippen molar-refractivity contribution in [3.8, 4) is 5.75 Å². The Morgan fingerprint density at radius 3 is 2.44 bits per heavy atom. The average molecular weight is 386 g/mol. The number of ether oxygens (including phenoxy) is 2. The zero-order valence-electron chi connectivity index (χ0n) is 15.6. The van der Waals surface area contributed by atoms with Gasteiger partial charge in [-0.05, 0) is 31.2 Å². The smallest absolute Gasteiger partial charge is 0.425 e. The van der Waals surface area contributed by atoms with E-state index in [4.69, 9.17) is 4.74 Å². The summed E-state index contributed by atoms with van der Waals surface area (Å²) in [6.45, 7) is 4.38. The maximum Gasteiger partial charge on any atom is 0.425 e. The fourth-order valence-corrected chi connectivity index (χ4v) is 3.86. The fraction of sp³-hybridized carbons (Fsp3) is 0.632. The molecule has 1 aromatic rings. The summed E-state index contributed by atoms with van der Waals surface area (Å²) in [5.41, 5.74) is 1.28. The lowest BCUT2D eigenvalue weighted by Crippen LogP contribution is -2.60. The number of benzene rings is 1. The minimum absolute atomic E-state index is 0.147. The topological polar surface area (TPSA) is 42.0 Å². The predicted molar refractivity (Wildman–Crippen MR) is 93.5 cm³/mol. The predicted octanol–water partition coefficient (Wildman–Crippen LogP) is 3.68. The number of piperidine rings is 1. The molecule has 8 heteroatoms. The van der Waals surface area contributed by atoms with Crippen LogP contribution in [0, 0.1) is 5.41 Å². The largest absolute Gasteiger partial charge is 0.496 e. The summed E-state index contributed by atoms with van der Waals surface area (Å²) in [7, 11) is 1.66. The molecule has 1 atom stereocenters. The van der Waals surface area contributed by atoms with Gasteiger partial charge in [0.2, 0.25) is 0 Å². The SMILES string of the molecule is COc1ccccc1CN1CC2(CCN(C(=O)OC(C)C(F)(F)F)CC2)C1. The number of halogens is 3. The Labute approximate surface area is 157 Å². The number of alkyl halides is 3. The molecule has 27 heavy (non-hydrogen) atoms. The number of nitrogens with zero attached hydrogens (tertiary/aromatic N) is 2. The Kier molecular flexibility index (Phi) is 5.55. The van der Waals surface area contributed by atoms with Gasteiger partial charge in [0.25, 0.3) is 0 Å². The van der Waals surface area contributed by atoms with Gasteiger partial charge < -0.3 is 14.4 Å². The van der Waals surface area contributed by atoms with E-state index >= 15 is 0 Å². The van der Waals surface area contributed by atoms with E-state index in [-0.39, 0.29) is 5.41 Å². The van der Waals surface area contributed by atoms with Gasteiger partial charge in [0.05, 0.1) is 7.11 Å². The molecule has 2 fully saturated rings. The summed E-state index contributed by atoms with van der Waals surface area (Å²) < 4.78 is 47.5. The van der Waals surface area contributed by atoms with Crippen molar-refractivity contribution in [3.63, 3.8) is 0 Å². The van der Waals surface area contributed by atoms with Gasteiger partial charge in [0, 0.05) is 38.3 Å². The highest BCUT2D eigenvalue weighted by Gasteiger charge is 2.46. The molecule has 1 spiro atoms. The van der Waals surface area contributed by atoms with E-state index in [9.17, 15) is 18.0 Å². The first kappa shape index (κ1) is 19.8. The molecule has 0 N–H and O–H groups in total. The molecule has 1 aromatic carbocycles. The number of carbonyl (C=O) groups excluding carboxylic acids is 1. The number of hydrogen-bond acceptors (Lipinski definition) is 4. The molecule has 0 radical (unpaired) electrons. The zero-order valence-corrected chi connectivity index (χ0v) is 15.6. The van der Waals surface area contributed by atoms with Crippen molar-refractivity contribution < 1.29 is 27.4 Å². The first-order valence-electron chi connectivity index (χ1n) is 9.09. The van der Waals surface area contributed by atoms with Crippen LogP contribution >= 0.6 is 0 Å². The van der Waals surface area contributed by atoms with Crippen LogP contribution in [-0.2, 0) is 11.3 Å². The Morgan fingerprint density at radius 2 is 1.85 bits per heavy atom. The van der Waals surface area contributed by atoms with E-state index < -0.39 is 18.4 Å². The molecule has 0 aliphatic carbocycles. The number of amides is 1. The molecule has 2 aliphatic heterocycles. The summed E-state index contributed by atoms with van der Waals surface area (Å²) in [5.74, 6) is 0.870. The van der Waals surface area contributed by atoms with Crippen LogP contribution in [0.3, 0.4) is 0 Å². The first-order valence-corrected chi connectivity index (χ1v) is 9.09. The van der Waals surface area contributed by atoms with E-state index in [2.05, 4.69) is 9.64 Å². The van der Waals surface area contributed by atoms with Gasteiger partial charge in [-0.25, -0.2) is 4.79 Å². The molecule has 3 rings (SSSR count). The van der Waals surface area contributed by atoms with Crippen LogP contribution in [0.15, 0.2) is 24.3 Å². The lowest BCUT2D eigenvalue weighted by atomic mass is 9.72. The maximum atomic E-state index is 12.5. The molecule has 1 amide bonds. The van der Waals surface area contributed by atoms with Gasteiger partial charge in [0.15, 0.2) is 6.10 Å². The van der Waals surface area contributed by atoms with Gasteiger partial charge in [-0.1, -0.05) is 18.2 Å². The normalized spacial score (nSPS) is 20.9. The molecule has 0 saturated carbocycles. The van der Waals surface area contributed by atoms with Gasteiger partial charge in [-0.15, -0.1) is 0 Å². The van der Waals surface area contributed by atoms with E-state index in [1.165, 1.54) is 4.90 Å². The molecule has 2 heterocycles. The van der Waals surface area contributed by atoms with Gasteiger partial charge in [0.1, 0.15) is 5.75 Å². The van der Waals surface area contributed by atoms with Crippen LogP contribution < -0.4 is 4.74 Å². The molecule has 2 aliphatic rings. The van der Waals surface area contributed by atoms with Crippen LogP contribution in [0.5, 0.6) is 5.75 Å². The van der Waals surface area contributed by atoms with Crippen molar-refractivity contribution in [1.82, 2.24) is 9.80 Å². The van der Waals surface area contributed by atoms with Crippen LogP contribution in [0.1, 0.15) is 25.3 Å². The van der Waals surface area contributed by atoms with E-state index in [0.29, 0.717) is 13.1 Å². The highest BCUT2D eigenvalue weighted by atomic mass is 19.4. The zero-order chi connectivity index (χ0) is 19.7. The highest BCUT2D eigenvalue weighted by molar-refractivity contribution is 5.68. The lowest BCUT2D eigenvalue weighted by molar-refractivity contribution is -0.200. The molecular weight excluding hydrogens is 361 g/mol. The highest BCUT2D eigenvalue weighted by Crippen LogP contribution is 2.41. The summed E-state index contributed by atoms with van der Waals surface area (Å²) >= 11 is 0. The molecule has 2 saturated heterocycles. The number of hydrogen-bond donors (Lipinski definition) is 0.